The maximum Gasteiger partial charge on any atom is 0.249 e. The lowest BCUT2D eigenvalue weighted by molar-refractivity contribution is -0.243. The van der Waals surface area contributed by atoms with Gasteiger partial charge in [-0.1, -0.05) is 18.2 Å². The van der Waals surface area contributed by atoms with Crippen LogP contribution in [0, 0.1) is 0 Å². The number of hydrogen-bond donors (Lipinski definition) is 4. The first-order valence-corrected chi connectivity index (χ1v) is 11.4. The molecule has 1 fully saturated rings. The molecule has 3 aromatic rings. The number of aliphatic hydroxyl groups is 3. The number of aromatic nitrogens is 3. The van der Waals surface area contributed by atoms with Gasteiger partial charge >= 0.3 is 0 Å². The van der Waals surface area contributed by atoms with Crippen LogP contribution in [0.2, 0.25) is 0 Å². The van der Waals surface area contributed by atoms with Crippen molar-refractivity contribution in [2.45, 2.75) is 57.2 Å². The third kappa shape index (κ3) is 7.10. The molecule has 4 heterocycles. The van der Waals surface area contributed by atoms with Gasteiger partial charge in [0, 0.05) is 51.2 Å². The Morgan fingerprint density at radius 1 is 0.914 bits per heavy atom. The van der Waals surface area contributed by atoms with Gasteiger partial charge in [0.15, 0.2) is 6.29 Å². The minimum atomic E-state index is -1.60. The van der Waals surface area contributed by atoms with E-state index in [1.165, 1.54) is 0 Å². The number of amides is 1. The van der Waals surface area contributed by atoms with Crippen LogP contribution in [0.3, 0.4) is 0 Å². The molecule has 10 heteroatoms. The summed E-state index contributed by atoms with van der Waals surface area (Å²) in [6, 6.07) is 15.5. The van der Waals surface area contributed by atoms with E-state index < -0.39 is 30.5 Å². The van der Waals surface area contributed by atoms with E-state index in [1.54, 1.807) is 18.6 Å². The quantitative estimate of drug-likeness (QED) is 0.346. The molecule has 3 aromatic heterocycles. The van der Waals surface area contributed by atoms with Crippen molar-refractivity contribution in [2.75, 3.05) is 0 Å². The summed E-state index contributed by atoms with van der Waals surface area (Å²) in [5.41, 5.74) is 3.56. The van der Waals surface area contributed by atoms with E-state index >= 15 is 0 Å². The molecule has 184 valence electrons. The zero-order chi connectivity index (χ0) is 24.6. The van der Waals surface area contributed by atoms with Crippen molar-refractivity contribution < 1.29 is 24.9 Å². The Bertz CT molecular complexity index is 1020. The van der Waals surface area contributed by atoms with Gasteiger partial charge in [-0.25, -0.2) is 0 Å². The molecule has 0 aliphatic carbocycles. The van der Waals surface area contributed by atoms with E-state index in [4.69, 9.17) is 4.74 Å². The molecule has 1 saturated heterocycles. The zero-order valence-electron chi connectivity index (χ0n) is 19.1. The third-order valence-electron chi connectivity index (χ3n) is 5.70. The number of pyridine rings is 3. The summed E-state index contributed by atoms with van der Waals surface area (Å²) in [5, 5.41) is 31.6. The molecule has 35 heavy (non-hydrogen) atoms. The molecule has 4 N–H and O–H groups in total. The third-order valence-corrected chi connectivity index (χ3v) is 5.70. The Balaban J connectivity index is 1.34. The highest BCUT2D eigenvalue weighted by molar-refractivity contribution is 5.80. The van der Waals surface area contributed by atoms with Gasteiger partial charge in [-0.05, 0) is 35.9 Å². The normalized spacial score (nSPS) is 22.2. The molecule has 0 spiro atoms. The number of rotatable bonds is 9. The first kappa shape index (κ1) is 24.8. The number of carbonyl (C=O) groups excluding carboxylic acids is 1. The van der Waals surface area contributed by atoms with Gasteiger partial charge in [-0.15, -0.1) is 0 Å². The fourth-order valence-electron chi connectivity index (χ4n) is 3.82. The van der Waals surface area contributed by atoms with Crippen molar-refractivity contribution in [3.05, 3.63) is 89.8 Å². The lowest BCUT2D eigenvalue weighted by Crippen LogP contribution is -2.52. The van der Waals surface area contributed by atoms with E-state index in [9.17, 15) is 20.1 Å². The lowest BCUT2D eigenvalue weighted by atomic mass is 10.0. The molecule has 10 nitrogen and oxygen atoms in total. The maximum atomic E-state index is 12.3. The average Bonchev–Trinajstić information content (AvgIpc) is 2.87. The van der Waals surface area contributed by atoms with Crippen LogP contribution in [0.25, 0.3) is 0 Å². The highest BCUT2D eigenvalue weighted by Crippen LogP contribution is 2.19. The second-order valence-electron chi connectivity index (χ2n) is 8.47. The molecule has 1 aliphatic rings. The van der Waals surface area contributed by atoms with Crippen LogP contribution < -0.4 is 5.32 Å². The Kier molecular flexibility index (Phi) is 8.45. The van der Waals surface area contributed by atoms with Gasteiger partial charge in [0.2, 0.25) is 5.91 Å². The van der Waals surface area contributed by atoms with Crippen molar-refractivity contribution in [3.63, 3.8) is 0 Å². The minimum absolute atomic E-state index is 0.0936. The van der Waals surface area contributed by atoms with E-state index in [1.807, 2.05) is 48.5 Å². The molecule has 1 aliphatic heterocycles. The fourth-order valence-corrected chi connectivity index (χ4v) is 3.82. The first-order valence-electron chi connectivity index (χ1n) is 11.4. The molecule has 4 rings (SSSR count). The number of aliphatic hydroxyl groups excluding tert-OH is 3. The smallest absolute Gasteiger partial charge is 0.249 e. The summed E-state index contributed by atoms with van der Waals surface area (Å²) in [4.78, 5) is 28.0. The molecular formula is C25H29N5O5. The van der Waals surface area contributed by atoms with Crippen molar-refractivity contribution in [1.29, 1.82) is 0 Å². The van der Waals surface area contributed by atoms with Crippen LogP contribution in [0.4, 0.5) is 0 Å². The van der Waals surface area contributed by atoms with Crippen LogP contribution in [-0.4, -0.2) is 65.7 Å². The second-order valence-corrected chi connectivity index (χ2v) is 8.47. The van der Waals surface area contributed by atoms with Crippen molar-refractivity contribution >= 4 is 5.91 Å². The van der Waals surface area contributed by atoms with Gasteiger partial charge in [-0.3, -0.25) is 24.6 Å². The molecule has 0 aromatic carbocycles. The number of nitrogens with one attached hydrogen (secondary N) is 1. The molecule has 1 amide bonds. The largest absolute Gasteiger partial charge is 0.390 e. The number of carbonyl (C=O) groups is 1. The van der Waals surface area contributed by atoms with E-state index in [2.05, 4.69) is 25.2 Å². The topological polar surface area (TPSA) is 141 Å². The maximum absolute atomic E-state index is 12.3. The molecule has 4 atom stereocenters. The Hall–Kier alpha value is -3.28. The van der Waals surface area contributed by atoms with Crippen LogP contribution >= 0.6 is 0 Å². The van der Waals surface area contributed by atoms with Crippen LogP contribution in [0.1, 0.15) is 29.1 Å². The SMILES string of the molecule is O=C(NCc1ccc(CN(Cc2ccccn2)Cc2ccccn2)nc1)C1C[C@H](O)[C@@H](O)[C@@H](O)O1. The Labute approximate surface area is 203 Å². The summed E-state index contributed by atoms with van der Waals surface area (Å²) in [6.45, 7) is 2.09. The first-order chi connectivity index (χ1) is 17.0. The number of hydrogen-bond acceptors (Lipinski definition) is 9. The van der Waals surface area contributed by atoms with Crippen LogP contribution in [0.15, 0.2) is 67.1 Å². The molecule has 0 bridgehead atoms. The van der Waals surface area contributed by atoms with E-state index in [0.717, 1.165) is 22.6 Å². The number of ether oxygens (including phenoxy) is 1. The summed E-state index contributed by atoms with van der Waals surface area (Å²) in [6.07, 6.45) is -0.136. The van der Waals surface area contributed by atoms with Gasteiger partial charge in [0.25, 0.3) is 0 Å². The Morgan fingerprint density at radius 3 is 2.06 bits per heavy atom. The minimum Gasteiger partial charge on any atom is -0.390 e. The Morgan fingerprint density at radius 2 is 1.54 bits per heavy atom. The number of nitrogens with zero attached hydrogens (tertiary/aromatic N) is 4. The van der Waals surface area contributed by atoms with E-state index in [-0.39, 0.29) is 13.0 Å². The molecule has 1 unspecified atom stereocenters. The summed E-state index contributed by atoms with van der Waals surface area (Å²) in [7, 11) is 0. The van der Waals surface area contributed by atoms with E-state index in [0.29, 0.717) is 19.6 Å². The van der Waals surface area contributed by atoms with Crippen molar-refractivity contribution in [1.82, 2.24) is 25.2 Å². The lowest BCUT2D eigenvalue weighted by Gasteiger charge is -2.33. The van der Waals surface area contributed by atoms with Gasteiger partial charge < -0.3 is 25.4 Å². The van der Waals surface area contributed by atoms with Crippen molar-refractivity contribution in [3.8, 4) is 0 Å². The highest BCUT2D eigenvalue weighted by atomic mass is 16.6. The molecule has 0 saturated carbocycles. The van der Waals surface area contributed by atoms with Crippen molar-refractivity contribution in [2.24, 2.45) is 0 Å². The summed E-state index contributed by atoms with van der Waals surface area (Å²) in [5.74, 6) is -0.476. The zero-order valence-corrected chi connectivity index (χ0v) is 19.1. The predicted octanol–water partition coefficient (Wildman–Crippen LogP) is 0.519. The van der Waals surface area contributed by atoms with Gasteiger partial charge in [0.1, 0.15) is 12.2 Å². The average molecular weight is 480 g/mol. The summed E-state index contributed by atoms with van der Waals surface area (Å²) >= 11 is 0. The molecular weight excluding hydrogens is 450 g/mol. The fraction of sp³-hybridized carbons (Fsp3) is 0.360. The molecule has 0 radical (unpaired) electrons. The van der Waals surface area contributed by atoms with Gasteiger partial charge in [-0.2, -0.15) is 0 Å². The highest BCUT2D eigenvalue weighted by Gasteiger charge is 2.38. The van der Waals surface area contributed by atoms with Crippen LogP contribution in [0.5, 0.6) is 0 Å². The summed E-state index contributed by atoms with van der Waals surface area (Å²) < 4.78 is 5.08. The van der Waals surface area contributed by atoms with Crippen LogP contribution in [-0.2, 0) is 35.7 Å². The predicted molar refractivity (Wildman–Crippen MR) is 125 cm³/mol. The van der Waals surface area contributed by atoms with Gasteiger partial charge in [0.05, 0.1) is 23.2 Å². The standard InChI is InChI=1S/C25H29N5O5/c31-21-11-22(35-25(34)23(21)32)24(33)29-13-17-7-8-20(28-12-17)16-30(14-18-5-1-3-9-26-18)15-19-6-2-4-10-27-19/h1-10,12,21-23,25,31-32,34H,11,13-16H2,(H,29,33)/t21-,22?,23+,25-/m0/s1. The second kappa shape index (κ2) is 11.9. The monoisotopic (exact) mass is 479 g/mol.